The molecule has 0 unspecified atom stereocenters. The maximum Gasteiger partial charge on any atom is 0.253 e. The Bertz CT molecular complexity index is 1170. The van der Waals surface area contributed by atoms with Crippen LogP contribution >= 0.6 is 0 Å². The lowest BCUT2D eigenvalue weighted by Crippen LogP contribution is -2.47. The first-order valence-corrected chi connectivity index (χ1v) is 12.8. The topological polar surface area (TPSA) is 70.2 Å². The summed E-state index contributed by atoms with van der Waals surface area (Å²) in [7, 11) is 1.72. The number of anilines is 2. The molecule has 1 N–H and O–H groups in total. The van der Waals surface area contributed by atoms with Crippen molar-refractivity contribution in [3.05, 3.63) is 60.3 Å². The number of fused-ring (bicyclic) bond motifs is 1. The maximum absolute atomic E-state index is 13.0. The smallest absolute Gasteiger partial charge is 0.253 e. The van der Waals surface area contributed by atoms with Crippen LogP contribution in [0, 0.1) is 0 Å². The number of carbonyl (C=O) groups is 1. The number of carbonyl (C=O) groups excluding carboxylic acids is 1. The molecule has 2 saturated heterocycles. The number of nitrogens with zero attached hydrogens (tertiary/aromatic N) is 4. The summed E-state index contributed by atoms with van der Waals surface area (Å²) in [6.07, 6.45) is 2.66. The number of hydrogen-bond donors (Lipinski definition) is 1. The van der Waals surface area contributed by atoms with E-state index in [2.05, 4.69) is 32.1 Å². The molecule has 1 aromatic heterocycles. The highest BCUT2D eigenvalue weighted by Gasteiger charge is 2.23. The van der Waals surface area contributed by atoms with Crippen molar-refractivity contribution in [2.45, 2.75) is 6.42 Å². The molecule has 0 atom stereocenters. The fraction of sp³-hybridized carbons (Fsp3) is 0.429. The van der Waals surface area contributed by atoms with Crippen LogP contribution in [-0.4, -0.2) is 88.5 Å². The van der Waals surface area contributed by atoms with Crippen LogP contribution in [0.5, 0.6) is 5.75 Å². The Labute approximate surface area is 212 Å². The number of hydrogen-bond acceptors (Lipinski definition) is 7. The Balaban J connectivity index is 1.24. The SMILES string of the molecule is COc1ccccc1N1CCN(c2ncc(C(=O)NCCCN3CCOCC3)c3ccccc23)CC1. The number of ether oxygens (including phenoxy) is 2. The molecule has 0 aliphatic carbocycles. The van der Waals surface area contributed by atoms with Gasteiger partial charge >= 0.3 is 0 Å². The van der Waals surface area contributed by atoms with Crippen molar-refractivity contribution in [2.75, 3.05) is 82.5 Å². The average Bonchev–Trinajstić information content (AvgIpc) is 2.95. The van der Waals surface area contributed by atoms with Gasteiger partial charge in [0, 0.05) is 57.4 Å². The Morgan fingerprint density at radius 2 is 1.64 bits per heavy atom. The molecule has 0 radical (unpaired) electrons. The number of piperazine rings is 1. The van der Waals surface area contributed by atoms with E-state index in [-0.39, 0.29) is 5.91 Å². The third-order valence-corrected chi connectivity index (χ3v) is 7.06. The van der Waals surface area contributed by atoms with Gasteiger partial charge in [-0.3, -0.25) is 9.69 Å². The second-order valence-electron chi connectivity index (χ2n) is 9.25. The van der Waals surface area contributed by atoms with E-state index >= 15 is 0 Å². The van der Waals surface area contributed by atoms with E-state index in [1.54, 1.807) is 13.3 Å². The minimum Gasteiger partial charge on any atom is -0.495 e. The second kappa shape index (κ2) is 11.6. The molecule has 2 aliphatic heterocycles. The Morgan fingerprint density at radius 1 is 0.944 bits per heavy atom. The minimum atomic E-state index is -0.0618. The summed E-state index contributed by atoms with van der Waals surface area (Å²) < 4.78 is 11.0. The van der Waals surface area contributed by atoms with Crippen LogP contribution in [0.15, 0.2) is 54.7 Å². The molecule has 0 bridgehead atoms. The summed E-state index contributed by atoms with van der Waals surface area (Å²) in [5.41, 5.74) is 1.76. The van der Waals surface area contributed by atoms with Crippen LogP contribution in [0.1, 0.15) is 16.8 Å². The van der Waals surface area contributed by atoms with Gasteiger partial charge in [-0.25, -0.2) is 4.98 Å². The molecule has 2 aliphatic rings. The molecular formula is C28H35N5O3. The number of amides is 1. The normalized spacial score (nSPS) is 16.8. The maximum atomic E-state index is 13.0. The summed E-state index contributed by atoms with van der Waals surface area (Å²) in [6, 6.07) is 16.2. The highest BCUT2D eigenvalue weighted by molar-refractivity contribution is 6.09. The molecule has 8 nitrogen and oxygen atoms in total. The number of nitrogens with one attached hydrogen (secondary N) is 1. The summed E-state index contributed by atoms with van der Waals surface area (Å²) in [6.45, 7) is 8.61. The van der Waals surface area contributed by atoms with Gasteiger partial charge in [0.15, 0.2) is 0 Å². The van der Waals surface area contributed by atoms with Gasteiger partial charge in [-0.05, 0) is 30.5 Å². The van der Waals surface area contributed by atoms with E-state index in [4.69, 9.17) is 14.5 Å². The molecule has 1 amide bonds. The van der Waals surface area contributed by atoms with Crippen molar-refractivity contribution < 1.29 is 14.3 Å². The van der Waals surface area contributed by atoms with Crippen LogP contribution in [0.2, 0.25) is 0 Å². The third kappa shape index (κ3) is 5.39. The van der Waals surface area contributed by atoms with E-state index < -0.39 is 0 Å². The number of morpholine rings is 1. The lowest BCUT2D eigenvalue weighted by molar-refractivity contribution is 0.0374. The number of benzene rings is 2. The molecular weight excluding hydrogens is 454 g/mol. The van der Waals surface area contributed by atoms with E-state index in [1.165, 1.54) is 0 Å². The van der Waals surface area contributed by atoms with E-state index in [0.29, 0.717) is 12.1 Å². The molecule has 2 fully saturated rings. The molecule has 0 spiro atoms. The monoisotopic (exact) mass is 489 g/mol. The summed E-state index contributed by atoms with van der Waals surface area (Å²) in [5.74, 6) is 1.78. The Kier molecular flexibility index (Phi) is 7.83. The fourth-order valence-corrected chi connectivity index (χ4v) is 5.09. The van der Waals surface area contributed by atoms with Gasteiger partial charge in [0.1, 0.15) is 11.6 Å². The van der Waals surface area contributed by atoms with Crippen molar-refractivity contribution in [1.29, 1.82) is 0 Å². The number of para-hydroxylation sites is 2. The number of aromatic nitrogens is 1. The summed E-state index contributed by atoms with van der Waals surface area (Å²) in [4.78, 5) is 24.9. The zero-order valence-corrected chi connectivity index (χ0v) is 21.0. The van der Waals surface area contributed by atoms with E-state index in [1.807, 2.05) is 36.4 Å². The Morgan fingerprint density at radius 3 is 2.42 bits per heavy atom. The molecule has 3 heterocycles. The second-order valence-corrected chi connectivity index (χ2v) is 9.25. The quantitative estimate of drug-likeness (QED) is 0.488. The zero-order valence-electron chi connectivity index (χ0n) is 21.0. The third-order valence-electron chi connectivity index (χ3n) is 7.06. The van der Waals surface area contributed by atoms with Gasteiger partial charge in [-0.2, -0.15) is 0 Å². The van der Waals surface area contributed by atoms with Gasteiger partial charge in [0.05, 0.1) is 31.6 Å². The summed E-state index contributed by atoms with van der Waals surface area (Å²) in [5, 5.41) is 5.06. The Hall–Kier alpha value is -3.36. The predicted octanol–water partition coefficient (Wildman–Crippen LogP) is 3.02. The van der Waals surface area contributed by atoms with Crippen molar-refractivity contribution in [2.24, 2.45) is 0 Å². The highest BCUT2D eigenvalue weighted by atomic mass is 16.5. The molecule has 36 heavy (non-hydrogen) atoms. The van der Waals surface area contributed by atoms with Crippen molar-refractivity contribution in [1.82, 2.24) is 15.2 Å². The molecule has 8 heteroatoms. The van der Waals surface area contributed by atoms with Crippen LogP contribution in [0.3, 0.4) is 0 Å². The van der Waals surface area contributed by atoms with Crippen LogP contribution in [-0.2, 0) is 4.74 Å². The van der Waals surface area contributed by atoms with Crippen LogP contribution in [0.25, 0.3) is 10.8 Å². The van der Waals surface area contributed by atoms with Crippen LogP contribution < -0.4 is 19.9 Å². The lowest BCUT2D eigenvalue weighted by Gasteiger charge is -2.37. The standard InChI is InChI=1S/C28H35N5O3/c1-35-26-10-5-4-9-25(26)32-13-15-33(16-14-32)27-23-8-3-2-7-22(23)24(21-30-27)28(34)29-11-6-12-31-17-19-36-20-18-31/h2-5,7-10,21H,6,11-20H2,1H3,(H,29,34). The first kappa shape index (κ1) is 24.3. The van der Waals surface area contributed by atoms with Crippen LogP contribution in [0.4, 0.5) is 11.5 Å². The fourth-order valence-electron chi connectivity index (χ4n) is 5.09. The van der Waals surface area contributed by atoms with Gasteiger partial charge < -0.3 is 24.6 Å². The first-order valence-electron chi connectivity index (χ1n) is 12.8. The van der Waals surface area contributed by atoms with Crippen molar-refractivity contribution in [3.63, 3.8) is 0 Å². The number of rotatable bonds is 8. The minimum absolute atomic E-state index is 0.0618. The van der Waals surface area contributed by atoms with E-state index in [9.17, 15) is 4.79 Å². The number of methoxy groups -OCH3 is 1. The number of pyridine rings is 1. The van der Waals surface area contributed by atoms with Gasteiger partial charge in [-0.15, -0.1) is 0 Å². The van der Waals surface area contributed by atoms with Crippen molar-refractivity contribution in [3.8, 4) is 5.75 Å². The zero-order chi connectivity index (χ0) is 24.7. The summed E-state index contributed by atoms with van der Waals surface area (Å²) >= 11 is 0. The lowest BCUT2D eigenvalue weighted by atomic mass is 10.1. The van der Waals surface area contributed by atoms with Gasteiger partial charge in [-0.1, -0.05) is 36.4 Å². The highest BCUT2D eigenvalue weighted by Crippen LogP contribution is 2.31. The van der Waals surface area contributed by atoms with E-state index in [0.717, 1.165) is 93.5 Å². The van der Waals surface area contributed by atoms with Crippen molar-refractivity contribution >= 4 is 28.2 Å². The molecule has 2 aromatic carbocycles. The average molecular weight is 490 g/mol. The molecule has 3 aromatic rings. The molecule has 0 saturated carbocycles. The molecule has 190 valence electrons. The first-order chi connectivity index (χ1) is 17.7. The molecule has 5 rings (SSSR count). The largest absolute Gasteiger partial charge is 0.495 e. The predicted molar refractivity (Wildman–Crippen MR) is 143 cm³/mol. The van der Waals surface area contributed by atoms with Gasteiger partial charge in [0.2, 0.25) is 0 Å². The van der Waals surface area contributed by atoms with Gasteiger partial charge in [0.25, 0.3) is 5.91 Å².